The third-order valence-corrected chi connectivity index (χ3v) is 6.60. The summed E-state index contributed by atoms with van der Waals surface area (Å²) in [6, 6.07) is 17.5. The number of halogens is 2. The van der Waals surface area contributed by atoms with Crippen LogP contribution < -0.4 is 10.1 Å². The number of nitrogens with zero attached hydrogens (tertiary/aromatic N) is 5. The summed E-state index contributed by atoms with van der Waals surface area (Å²) in [6.07, 6.45) is 3.12. The molecular weight excluding hydrogens is 515 g/mol. The zero-order valence-electron chi connectivity index (χ0n) is 21.6. The Morgan fingerprint density at radius 2 is 1.87 bits per heavy atom. The molecule has 1 saturated heterocycles. The van der Waals surface area contributed by atoms with E-state index in [-0.39, 0.29) is 12.4 Å². The van der Waals surface area contributed by atoms with E-state index in [0.29, 0.717) is 33.5 Å². The van der Waals surface area contributed by atoms with E-state index in [1.54, 1.807) is 30.5 Å². The second-order valence-electron chi connectivity index (χ2n) is 9.32. The Hall–Kier alpha value is -4.03. The van der Waals surface area contributed by atoms with E-state index < -0.39 is 0 Å². The van der Waals surface area contributed by atoms with E-state index in [4.69, 9.17) is 21.3 Å². The molecule has 198 valence electrons. The van der Waals surface area contributed by atoms with E-state index in [9.17, 15) is 4.39 Å². The van der Waals surface area contributed by atoms with Crippen molar-refractivity contribution < 1.29 is 9.13 Å². The normalized spacial score (nSPS) is 13.9. The Labute approximate surface area is 232 Å². The van der Waals surface area contributed by atoms with Crippen LogP contribution in [0.1, 0.15) is 22.5 Å². The Kier molecular flexibility index (Phi) is 8.64. The van der Waals surface area contributed by atoms with Crippen LogP contribution in [0.15, 0.2) is 73.2 Å². The first kappa shape index (κ1) is 26.6. The second-order valence-corrected chi connectivity index (χ2v) is 9.72. The van der Waals surface area contributed by atoms with Gasteiger partial charge < -0.3 is 15.0 Å². The summed E-state index contributed by atoms with van der Waals surface area (Å²) in [7, 11) is 2.15. The fraction of sp³-hybridized carbons (Fsp3) is 0.233. The highest BCUT2D eigenvalue weighted by molar-refractivity contribution is 6.32. The minimum absolute atomic E-state index is 0.209. The molecule has 2 aromatic heterocycles. The van der Waals surface area contributed by atoms with E-state index in [2.05, 4.69) is 44.0 Å². The van der Waals surface area contributed by atoms with Crippen molar-refractivity contribution in [3.8, 4) is 17.6 Å². The Bertz CT molecular complexity index is 1500. The van der Waals surface area contributed by atoms with Crippen LogP contribution in [0.2, 0.25) is 5.02 Å². The Morgan fingerprint density at radius 3 is 2.69 bits per heavy atom. The molecule has 1 N–H and O–H groups in total. The van der Waals surface area contributed by atoms with Crippen LogP contribution in [-0.2, 0) is 13.2 Å². The van der Waals surface area contributed by atoms with Gasteiger partial charge in [-0.2, -0.15) is 0 Å². The monoisotopic (exact) mass is 542 g/mol. The smallest absolute Gasteiger partial charge is 0.149 e. The first-order valence-corrected chi connectivity index (χ1v) is 13.0. The molecule has 0 spiro atoms. The van der Waals surface area contributed by atoms with Gasteiger partial charge in [0.1, 0.15) is 36.0 Å². The molecule has 39 heavy (non-hydrogen) atoms. The molecular formula is C30H28ClFN6O. The number of hydrogen-bond acceptors (Lipinski definition) is 7. The Balaban J connectivity index is 1.25. The molecule has 1 aliphatic heterocycles. The molecule has 0 radical (unpaired) electrons. The highest BCUT2D eigenvalue weighted by atomic mass is 35.5. The van der Waals surface area contributed by atoms with Crippen LogP contribution in [0.3, 0.4) is 0 Å². The largest absolute Gasteiger partial charge is 0.487 e. The van der Waals surface area contributed by atoms with Crippen molar-refractivity contribution in [2.24, 2.45) is 0 Å². The van der Waals surface area contributed by atoms with Gasteiger partial charge in [0.05, 0.1) is 16.3 Å². The number of aromatic nitrogens is 3. The van der Waals surface area contributed by atoms with Gasteiger partial charge in [-0.3, -0.25) is 4.90 Å². The van der Waals surface area contributed by atoms with E-state index in [1.807, 2.05) is 24.3 Å². The molecule has 0 aliphatic carbocycles. The number of rotatable bonds is 7. The van der Waals surface area contributed by atoms with Crippen LogP contribution >= 0.6 is 11.6 Å². The number of anilines is 2. The molecule has 4 aromatic rings. The molecule has 7 nitrogen and oxygen atoms in total. The minimum Gasteiger partial charge on any atom is -0.487 e. The van der Waals surface area contributed by atoms with Gasteiger partial charge in [-0.15, -0.1) is 0 Å². The number of hydrogen-bond donors (Lipinski definition) is 1. The van der Waals surface area contributed by atoms with Crippen LogP contribution in [0, 0.1) is 17.7 Å². The highest BCUT2D eigenvalue weighted by Crippen LogP contribution is 2.30. The number of benzene rings is 2. The molecule has 1 aliphatic rings. The zero-order chi connectivity index (χ0) is 27.0. The van der Waals surface area contributed by atoms with Crippen molar-refractivity contribution in [1.29, 1.82) is 0 Å². The molecule has 0 bridgehead atoms. The fourth-order valence-corrected chi connectivity index (χ4v) is 4.38. The van der Waals surface area contributed by atoms with Crippen LogP contribution in [0.4, 0.5) is 15.9 Å². The third-order valence-electron chi connectivity index (χ3n) is 6.30. The maximum absolute atomic E-state index is 13.4. The number of pyridine rings is 1. The summed E-state index contributed by atoms with van der Waals surface area (Å²) in [5.41, 5.74) is 3.76. The maximum atomic E-state index is 13.4. The maximum Gasteiger partial charge on any atom is 0.149 e. The molecule has 5 rings (SSSR count). The summed E-state index contributed by atoms with van der Waals surface area (Å²) in [6.45, 7) is 5.23. The first-order valence-electron chi connectivity index (χ1n) is 12.6. The molecule has 9 heteroatoms. The fourth-order valence-electron chi connectivity index (χ4n) is 4.14. The number of piperazine rings is 1. The highest BCUT2D eigenvalue weighted by Gasteiger charge is 2.14. The lowest BCUT2D eigenvalue weighted by Gasteiger charge is -2.32. The molecule has 0 unspecified atom stereocenters. The molecule has 0 amide bonds. The Morgan fingerprint density at radius 1 is 1.03 bits per heavy atom. The SMILES string of the molecule is CN1CCN(Cc2cccc(C#Cc3cncnc3Nc3ccc(OCc4cccc(F)c4)c(Cl)c3)n2)CC1. The van der Waals surface area contributed by atoms with Gasteiger partial charge in [0.15, 0.2) is 0 Å². The lowest BCUT2D eigenvalue weighted by atomic mass is 10.2. The van der Waals surface area contributed by atoms with Gasteiger partial charge in [-0.25, -0.2) is 19.3 Å². The lowest BCUT2D eigenvalue weighted by molar-refractivity contribution is 0.147. The predicted molar refractivity (Wildman–Crippen MR) is 150 cm³/mol. The number of likely N-dealkylation sites (N-methyl/N-ethyl adjacent to an activating group) is 1. The third kappa shape index (κ3) is 7.52. The molecule has 3 heterocycles. The van der Waals surface area contributed by atoms with E-state index in [1.165, 1.54) is 18.5 Å². The number of nitrogens with one attached hydrogen (secondary N) is 1. The molecule has 1 fully saturated rings. The van der Waals surface area contributed by atoms with Crippen LogP contribution in [0.5, 0.6) is 5.75 Å². The average Bonchev–Trinajstić information content (AvgIpc) is 2.94. The summed E-state index contributed by atoms with van der Waals surface area (Å²) in [5.74, 6) is 7.04. The van der Waals surface area contributed by atoms with Gasteiger partial charge >= 0.3 is 0 Å². The van der Waals surface area contributed by atoms with Crippen molar-refractivity contribution in [3.63, 3.8) is 0 Å². The summed E-state index contributed by atoms with van der Waals surface area (Å²) >= 11 is 6.45. The van der Waals surface area contributed by atoms with Crippen LogP contribution in [0.25, 0.3) is 0 Å². The van der Waals surface area contributed by atoms with Gasteiger partial charge in [0, 0.05) is 44.6 Å². The number of ether oxygens (including phenoxy) is 1. The van der Waals surface area contributed by atoms with E-state index >= 15 is 0 Å². The van der Waals surface area contributed by atoms with Gasteiger partial charge in [0.25, 0.3) is 0 Å². The predicted octanol–water partition coefficient (Wildman–Crippen LogP) is 5.13. The van der Waals surface area contributed by atoms with Crippen molar-refractivity contribution in [1.82, 2.24) is 24.8 Å². The minimum atomic E-state index is -0.306. The zero-order valence-corrected chi connectivity index (χ0v) is 22.3. The average molecular weight is 543 g/mol. The summed E-state index contributed by atoms with van der Waals surface area (Å²) < 4.78 is 19.2. The quantitative estimate of drug-likeness (QED) is 0.325. The molecule has 0 saturated carbocycles. The first-order chi connectivity index (χ1) is 19.0. The van der Waals surface area contributed by atoms with Gasteiger partial charge in [0.2, 0.25) is 0 Å². The lowest BCUT2D eigenvalue weighted by Crippen LogP contribution is -2.44. The standard InChI is InChI=1S/C30H28ClFN6O/c1-37-12-14-38(15-13-37)19-27-7-3-6-25(35-27)9-8-23-18-33-21-34-30(23)36-26-10-11-29(28(31)17-26)39-20-22-4-2-5-24(32)16-22/h2-7,10-11,16-18,21H,12-15,19-20H2,1H3,(H,33,34,36). The van der Waals surface area contributed by atoms with Gasteiger partial charge in [-0.1, -0.05) is 35.7 Å². The topological polar surface area (TPSA) is 66.4 Å². The van der Waals surface area contributed by atoms with Crippen molar-refractivity contribution in [3.05, 3.63) is 107 Å². The van der Waals surface area contributed by atoms with Crippen molar-refractivity contribution in [2.75, 3.05) is 38.5 Å². The van der Waals surface area contributed by atoms with Crippen molar-refractivity contribution >= 4 is 23.1 Å². The summed E-state index contributed by atoms with van der Waals surface area (Å²) in [5, 5.41) is 3.67. The molecule has 2 aromatic carbocycles. The van der Waals surface area contributed by atoms with Crippen LogP contribution in [-0.4, -0.2) is 58.0 Å². The van der Waals surface area contributed by atoms with E-state index in [0.717, 1.165) is 44.0 Å². The molecule has 0 atom stereocenters. The second kappa shape index (κ2) is 12.7. The van der Waals surface area contributed by atoms with Gasteiger partial charge in [-0.05, 0) is 61.0 Å². The summed E-state index contributed by atoms with van der Waals surface area (Å²) in [4.78, 5) is 18.0. The van der Waals surface area contributed by atoms with Crippen molar-refractivity contribution in [2.45, 2.75) is 13.2 Å².